The minimum absolute atomic E-state index is 0.153. The van der Waals surface area contributed by atoms with Crippen molar-refractivity contribution in [2.24, 2.45) is 5.73 Å². The number of aliphatic hydroxyl groups is 1. The number of carbonyl (C=O) groups is 1. The number of unbranched alkanes of at least 4 members (excludes halogenated alkanes) is 14. The molecule has 0 saturated carbocycles. The Bertz CT molecular complexity index is 220. The average Bonchev–Trinajstić information content (AvgIpc) is 2.51. The molecule has 0 aromatic rings. The highest BCUT2D eigenvalue weighted by atomic mass is 16.2. The van der Waals surface area contributed by atoms with Crippen LogP contribution in [0.4, 0.5) is 0 Å². The summed E-state index contributed by atoms with van der Waals surface area (Å²) in [6.07, 6.45) is 20.9. The number of nitrogens with two attached hydrogens (primary N) is 1. The monoisotopic (exact) mass is 329 g/mol. The van der Waals surface area contributed by atoms with Gasteiger partial charge in [0, 0.05) is 13.0 Å². The SMILES string of the molecule is CCCCCCCCCCCCCCCCCC(N)=O.CCO. The second-order valence-electron chi connectivity index (χ2n) is 6.48. The number of aliphatic hydroxyl groups excluding tert-OH is 1. The van der Waals surface area contributed by atoms with E-state index in [1.54, 1.807) is 6.92 Å². The molecule has 23 heavy (non-hydrogen) atoms. The number of hydrogen-bond donors (Lipinski definition) is 2. The maximum atomic E-state index is 10.6. The van der Waals surface area contributed by atoms with E-state index in [2.05, 4.69) is 6.92 Å². The van der Waals surface area contributed by atoms with Gasteiger partial charge in [-0.1, -0.05) is 96.8 Å². The minimum atomic E-state index is -0.153. The topological polar surface area (TPSA) is 63.3 Å². The Balaban J connectivity index is 0. The molecule has 0 atom stereocenters. The normalized spacial score (nSPS) is 10.2. The third kappa shape index (κ3) is 30.0. The van der Waals surface area contributed by atoms with Gasteiger partial charge >= 0.3 is 0 Å². The van der Waals surface area contributed by atoms with Crippen LogP contribution in [0.5, 0.6) is 0 Å². The van der Waals surface area contributed by atoms with Crippen molar-refractivity contribution in [3.63, 3.8) is 0 Å². The predicted octanol–water partition coefficient (Wildman–Crippen LogP) is 5.73. The molecule has 0 heterocycles. The van der Waals surface area contributed by atoms with E-state index >= 15 is 0 Å². The summed E-state index contributed by atoms with van der Waals surface area (Å²) in [5.41, 5.74) is 5.11. The number of rotatable bonds is 16. The van der Waals surface area contributed by atoms with E-state index in [9.17, 15) is 4.79 Å². The van der Waals surface area contributed by atoms with Crippen LogP contribution in [-0.4, -0.2) is 17.6 Å². The van der Waals surface area contributed by atoms with Crippen LogP contribution in [0.3, 0.4) is 0 Å². The molecule has 0 aromatic heterocycles. The highest BCUT2D eigenvalue weighted by molar-refractivity contribution is 5.73. The van der Waals surface area contributed by atoms with Gasteiger partial charge in [0.05, 0.1) is 0 Å². The van der Waals surface area contributed by atoms with Crippen LogP contribution in [0.25, 0.3) is 0 Å². The zero-order valence-corrected chi connectivity index (χ0v) is 16.0. The van der Waals surface area contributed by atoms with E-state index in [-0.39, 0.29) is 12.5 Å². The molecule has 1 amide bonds. The summed E-state index contributed by atoms with van der Waals surface area (Å²) in [6, 6.07) is 0. The van der Waals surface area contributed by atoms with Crippen LogP contribution >= 0.6 is 0 Å². The summed E-state index contributed by atoms with van der Waals surface area (Å²) in [5.74, 6) is -0.153. The van der Waals surface area contributed by atoms with Gasteiger partial charge in [-0.3, -0.25) is 4.79 Å². The second-order valence-corrected chi connectivity index (χ2v) is 6.48. The second kappa shape index (κ2) is 23.7. The van der Waals surface area contributed by atoms with Crippen molar-refractivity contribution in [1.29, 1.82) is 0 Å². The zero-order chi connectivity index (χ0) is 17.6. The lowest BCUT2D eigenvalue weighted by atomic mass is 10.0. The summed E-state index contributed by atoms with van der Waals surface area (Å²) in [4.78, 5) is 10.6. The summed E-state index contributed by atoms with van der Waals surface area (Å²) in [5, 5.41) is 7.57. The molecule has 0 aliphatic carbocycles. The van der Waals surface area contributed by atoms with Crippen molar-refractivity contribution in [3.05, 3.63) is 0 Å². The average molecular weight is 330 g/mol. The lowest BCUT2D eigenvalue weighted by Crippen LogP contribution is -2.09. The van der Waals surface area contributed by atoms with E-state index in [4.69, 9.17) is 10.8 Å². The van der Waals surface area contributed by atoms with Crippen LogP contribution in [-0.2, 0) is 4.79 Å². The Hall–Kier alpha value is -0.570. The third-order valence-corrected chi connectivity index (χ3v) is 4.03. The Kier molecular flexibility index (Phi) is 25.4. The van der Waals surface area contributed by atoms with Gasteiger partial charge in [0.2, 0.25) is 5.91 Å². The molecular formula is C20H43NO2. The summed E-state index contributed by atoms with van der Waals surface area (Å²) < 4.78 is 0. The first kappa shape index (κ1) is 24.7. The Labute approximate surface area is 145 Å². The highest BCUT2D eigenvalue weighted by Gasteiger charge is 1.96. The van der Waals surface area contributed by atoms with E-state index in [1.165, 1.54) is 89.9 Å². The molecule has 0 aromatic carbocycles. The number of carbonyl (C=O) groups excluding carboxylic acids is 1. The Morgan fingerprint density at radius 3 is 1.17 bits per heavy atom. The maximum Gasteiger partial charge on any atom is 0.217 e. The smallest absolute Gasteiger partial charge is 0.217 e. The lowest BCUT2D eigenvalue weighted by molar-refractivity contribution is -0.118. The summed E-state index contributed by atoms with van der Waals surface area (Å²) in [6.45, 7) is 4.21. The fraction of sp³-hybridized carbons (Fsp3) is 0.950. The van der Waals surface area contributed by atoms with Crippen molar-refractivity contribution in [2.45, 2.75) is 117 Å². The Morgan fingerprint density at radius 1 is 0.652 bits per heavy atom. The molecule has 3 N–H and O–H groups in total. The first-order valence-corrected chi connectivity index (χ1v) is 10.1. The van der Waals surface area contributed by atoms with Gasteiger partial charge in [0.1, 0.15) is 0 Å². The van der Waals surface area contributed by atoms with E-state index in [0.717, 1.165) is 6.42 Å². The van der Waals surface area contributed by atoms with Crippen molar-refractivity contribution in [3.8, 4) is 0 Å². The van der Waals surface area contributed by atoms with E-state index in [1.807, 2.05) is 0 Å². The van der Waals surface area contributed by atoms with Crippen molar-refractivity contribution >= 4 is 5.91 Å². The molecule has 140 valence electrons. The van der Waals surface area contributed by atoms with Crippen LogP contribution < -0.4 is 5.73 Å². The standard InChI is InChI=1S/C18H37NO.C2H6O/c1-2-3-4-5-6-7-8-9-10-11-12-13-14-15-16-17-18(19)20;1-2-3/h2-17H2,1H3,(H2,19,20);3H,2H2,1H3. The molecule has 0 saturated heterocycles. The molecule has 3 heteroatoms. The number of amides is 1. The Morgan fingerprint density at radius 2 is 0.913 bits per heavy atom. The molecule has 0 spiro atoms. The molecule has 0 fully saturated rings. The van der Waals surface area contributed by atoms with E-state index in [0.29, 0.717) is 6.42 Å². The first-order chi connectivity index (χ1) is 11.2. The van der Waals surface area contributed by atoms with Gasteiger partial charge in [-0.25, -0.2) is 0 Å². The van der Waals surface area contributed by atoms with Gasteiger partial charge in [0.25, 0.3) is 0 Å². The summed E-state index contributed by atoms with van der Waals surface area (Å²) >= 11 is 0. The molecule has 3 nitrogen and oxygen atoms in total. The largest absolute Gasteiger partial charge is 0.397 e. The van der Waals surface area contributed by atoms with Gasteiger partial charge in [-0.05, 0) is 13.3 Å². The molecule has 0 rings (SSSR count). The highest BCUT2D eigenvalue weighted by Crippen LogP contribution is 2.13. The maximum absolute atomic E-state index is 10.6. The van der Waals surface area contributed by atoms with Crippen LogP contribution in [0.15, 0.2) is 0 Å². The fourth-order valence-corrected chi connectivity index (χ4v) is 2.67. The lowest BCUT2D eigenvalue weighted by Gasteiger charge is -2.03. The number of primary amides is 1. The molecule has 0 bridgehead atoms. The minimum Gasteiger partial charge on any atom is -0.397 e. The van der Waals surface area contributed by atoms with E-state index < -0.39 is 0 Å². The van der Waals surface area contributed by atoms with Gasteiger partial charge < -0.3 is 10.8 Å². The van der Waals surface area contributed by atoms with Crippen LogP contribution in [0.1, 0.15) is 117 Å². The predicted molar refractivity (Wildman–Crippen MR) is 102 cm³/mol. The van der Waals surface area contributed by atoms with Crippen molar-refractivity contribution < 1.29 is 9.90 Å². The molecular weight excluding hydrogens is 286 g/mol. The van der Waals surface area contributed by atoms with Crippen molar-refractivity contribution in [1.82, 2.24) is 0 Å². The fourth-order valence-electron chi connectivity index (χ4n) is 2.67. The van der Waals surface area contributed by atoms with Crippen molar-refractivity contribution in [2.75, 3.05) is 6.61 Å². The van der Waals surface area contributed by atoms with Crippen LogP contribution in [0, 0.1) is 0 Å². The molecule has 0 unspecified atom stereocenters. The van der Waals surface area contributed by atoms with Gasteiger partial charge in [0.15, 0.2) is 0 Å². The quantitative estimate of drug-likeness (QED) is 0.355. The summed E-state index contributed by atoms with van der Waals surface area (Å²) in [7, 11) is 0. The zero-order valence-electron chi connectivity index (χ0n) is 16.0. The molecule has 0 radical (unpaired) electrons. The van der Waals surface area contributed by atoms with Crippen LogP contribution in [0.2, 0.25) is 0 Å². The van der Waals surface area contributed by atoms with Gasteiger partial charge in [-0.2, -0.15) is 0 Å². The third-order valence-electron chi connectivity index (χ3n) is 4.03. The molecule has 0 aliphatic rings. The molecule has 0 aliphatic heterocycles. The number of hydrogen-bond acceptors (Lipinski definition) is 2. The first-order valence-electron chi connectivity index (χ1n) is 10.1. The van der Waals surface area contributed by atoms with Gasteiger partial charge in [-0.15, -0.1) is 0 Å².